The van der Waals surface area contributed by atoms with Gasteiger partial charge < -0.3 is 21.7 Å². The third kappa shape index (κ3) is 7.55. The number of nitrogens with two attached hydrogens (primary N) is 2. The molecule has 202 valence electrons. The highest BCUT2D eigenvalue weighted by molar-refractivity contribution is 7.09. The molecule has 1 aromatic carbocycles. The fourth-order valence-electron chi connectivity index (χ4n) is 5.60. The number of hydrogen-bond acceptors (Lipinski definition) is 5. The zero-order valence-electron chi connectivity index (χ0n) is 21.3. The number of halogens is 1. The molecule has 0 spiro atoms. The van der Waals surface area contributed by atoms with Crippen molar-refractivity contribution in [1.82, 2.24) is 10.2 Å². The van der Waals surface area contributed by atoms with Crippen molar-refractivity contribution in [3.05, 3.63) is 57.8 Å². The number of hydrogen-bond donors (Lipinski definition) is 3. The van der Waals surface area contributed by atoms with Gasteiger partial charge in [-0.05, 0) is 67.2 Å². The number of likely N-dealkylation sites (tertiary alicyclic amines) is 1. The molecule has 2 heterocycles. The minimum absolute atomic E-state index is 0. The van der Waals surface area contributed by atoms with Crippen molar-refractivity contribution in [3.8, 4) is 0 Å². The average molecular weight is 547 g/mol. The minimum atomic E-state index is -0.600. The highest BCUT2D eigenvalue weighted by Gasteiger charge is 2.43. The van der Waals surface area contributed by atoms with Gasteiger partial charge in [0.15, 0.2) is 0 Å². The van der Waals surface area contributed by atoms with Crippen molar-refractivity contribution in [1.29, 1.82) is 0 Å². The molecule has 2 fully saturated rings. The Morgan fingerprint density at radius 1 is 1.05 bits per heavy atom. The number of carbonyl (C=O) groups is 3. The predicted octanol–water partition coefficient (Wildman–Crippen LogP) is 3.69. The van der Waals surface area contributed by atoms with E-state index in [-0.39, 0.29) is 24.2 Å². The van der Waals surface area contributed by atoms with Crippen LogP contribution in [0.25, 0.3) is 0 Å². The van der Waals surface area contributed by atoms with Crippen LogP contribution in [0, 0.1) is 11.3 Å². The van der Waals surface area contributed by atoms with Crippen LogP contribution in [0.1, 0.15) is 65.7 Å². The van der Waals surface area contributed by atoms with Gasteiger partial charge in [0.25, 0.3) is 0 Å². The van der Waals surface area contributed by atoms with E-state index in [9.17, 15) is 14.4 Å². The van der Waals surface area contributed by atoms with E-state index in [1.807, 2.05) is 34.5 Å². The van der Waals surface area contributed by atoms with Crippen molar-refractivity contribution in [2.45, 2.75) is 63.8 Å². The smallest absolute Gasteiger partial charge is 0.248 e. The van der Waals surface area contributed by atoms with Gasteiger partial charge in [0.2, 0.25) is 17.7 Å². The Hall–Kier alpha value is -2.42. The molecular formula is C28H39ClN4O3S. The third-order valence-corrected chi connectivity index (χ3v) is 8.79. The van der Waals surface area contributed by atoms with Gasteiger partial charge in [-0.2, -0.15) is 0 Å². The van der Waals surface area contributed by atoms with Crippen LogP contribution >= 0.6 is 23.7 Å². The Kier molecular flexibility index (Phi) is 10.6. The maximum absolute atomic E-state index is 13.7. The molecule has 1 aromatic heterocycles. The number of benzene rings is 1. The number of carbonyl (C=O) groups excluding carboxylic acids is 3. The quantitative estimate of drug-likeness (QED) is 0.444. The summed E-state index contributed by atoms with van der Waals surface area (Å²) >= 11 is 1.61. The fraction of sp³-hybridized carbons (Fsp3) is 0.536. The molecule has 1 saturated carbocycles. The summed E-state index contributed by atoms with van der Waals surface area (Å²) in [5.74, 6) is 0.103. The molecule has 37 heavy (non-hydrogen) atoms. The molecule has 1 aliphatic carbocycles. The van der Waals surface area contributed by atoms with E-state index < -0.39 is 17.4 Å². The normalized spacial score (nSPS) is 18.5. The molecule has 5 N–H and O–H groups in total. The molecule has 0 bridgehead atoms. The summed E-state index contributed by atoms with van der Waals surface area (Å²) in [7, 11) is 0. The molecule has 1 unspecified atom stereocenters. The van der Waals surface area contributed by atoms with Crippen molar-refractivity contribution < 1.29 is 14.4 Å². The number of rotatable bonds is 9. The monoisotopic (exact) mass is 546 g/mol. The molecule has 9 heteroatoms. The SMILES string of the molecule is Cl.NC(=O)c1ccc(CC2(C(=O)NCC3CCCCC3)CCN(C(=O)C(N)Cc3cccs3)CC2)cc1. The zero-order valence-corrected chi connectivity index (χ0v) is 23.0. The van der Waals surface area contributed by atoms with Gasteiger partial charge in [-0.1, -0.05) is 37.5 Å². The fourth-order valence-corrected chi connectivity index (χ4v) is 6.36. The summed E-state index contributed by atoms with van der Waals surface area (Å²) < 4.78 is 0. The van der Waals surface area contributed by atoms with Crippen LogP contribution < -0.4 is 16.8 Å². The Morgan fingerprint density at radius 3 is 2.32 bits per heavy atom. The number of amides is 3. The van der Waals surface area contributed by atoms with Crippen LogP contribution in [0.5, 0.6) is 0 Å². The Morgan fingerprint density at radius 2 is 1.73 bits per heavy atom. The second kappa shape index (κ2) is 13.4. The first-order valence-corrected chi connectivity index (χ1v) is 14.0. The highest BCUT2D eigenvalue weighted by atomic mass is 35.5. The zero-order chi connectivity index (χ0) is 25.5. The summed E-state index contributed by atoms with van der Waals surface area (Å²) in [4.78, 5) is 41.1. The minimum Gasteiger partial charge on any atom is -0.366 e. The summed E-state index contributed by atoms with van der Waals surface area (Å²) in [5.41, 5.74) is 12.5. The second-order valence-corrected chi connectivity index (χ2v) is 11.5. The van der Waals surface area contributed by atoms with Crippen molar-refractivity contribution in [2.24, 2.45) is 22.8 Å². The molecule has 1 aliphatic heterocycles. The largest absolute Gasteiger partial charge is 0.366 e. The number of nitrogens with one attached hydrogen (secondary N) is 1. The molecule has 3 amide bonds. The van der Waals surface area contributed by atoms with Gasteiger partial charge in [0.1, 0.15) is 0 Å². The molecule has 7 nitrogen and oxygen atoms in total. The van der Waals surface area contributed by atoms with Gasteiger partial charge >= 0.3 is 0 Å². The van der Waals surface area contributed by atoms with E-state index >= 15 is 0 Å². The molecule has 1 saturated heterocycles. The summed E-state index contributed by atoms with van der Waals surface area (Å²) in [6, 6.07) is 10.6. The maximum atomic E-state index is 13.7. The van der Waals surface area contributed by atoms with Crippen LogP contribution in [0.2, 0.25) is 0 Å². The Bertz CT molecular complexity index is 1030. The standard InChI is InChI=1S/C28H38N4O3S.ClH/c29-24(17-23-7-4-16-36-23)26(34)32-14-12-28(13-15-32,18-20-8-10-22(11-9-20)25(30)33)27(35)31-19-21-5-2-1-3-6-21;/h4,7-11,16,21,24H,1-3,5-6,12-15,17-19,29H2,(H2,30,33)(H,31,35);1H. The van der Waals surface area contributed by atoms with Crippen LogP contribution in [-0.2, 0) is 22.4 Å². The van der Waals surface area contributed by atoms with Crippen molar-refractivity contribution >= 4 is 41.5 Å². The Balaban J connectivity index is 0.00000380. The number of nitrogens with zero attached hydrogens (tertiary/aromatic N) is 1. The Labute approximate surface area is 229 Å². The summed E-state index contributed by atoms with van der Waals surface area (Å²) in [5, 5.41) is 5.26. The van der Waals surface area contributed by atoms with Crippen LogP contribution in [0.3, 0.4) is 0 Å². The van der Waals surface area contributed by atoms with Gasteiger partial charge in [-0.15, -0.1) is 23.7 Å². The number of primary amides is 1. The van der Waals surface area contributed by atoms with Gasteiger partial charge in [-0.3, -0.25) is 14.4 Å². The lowest BCUT2D eigenvalue weighted by Crippen LogP contribution is -2.54. The molecule has 1 atom stereocenters. The van der Waals surface area contributed by atoms with Crippen molar-refractivity contribution in [2.75, 3.05) is 19.6 Å². The molecule has 0 radical (unpaired) electrons. The summed E-state index contributed by atoms with van der Waals surface area (Å²) in [6.45, 7) is 1.73. The van der Waals surface area contributed by atoms with Crippen LogP contribution in [0.4, 0.5) is 0 Å². The molecular weight excluding hydrogens is 508 g/mol. The van der Waals surface area contributed by atoms with E-state index in [1.54, 1.807) is 23.5 Å². The molecule has 4 rings (SSSR count). The van der Waals surface area contributed by atoms with E-state index in [1.165, 1.54) is 32.1 Å². The van der Waals surface area contributed by atoms with Gasteiger partial charge in [0, 0.05) is 36.5 Å². The van der Waals surface area contributed by atoms with E-state index in [4.69, 9.17) is 11.5 Å². The van der Waals surface area contributed by atoms with Crippen LogP contribution in [0.15, 0.2) is 41.8 Å². The topological polar surface area (TPSA) is 119 Å². The lowest BCUT2D eigenvalue weighted by Gasteiger charge is -2.42. The number of thiophene rings is 1. The summed E-state index contributed by atoms with van der Waals surface area (Å²) in [6.07, 6.45) is 8.36. The average Bonchev–Trinajstić information content (AvgIpc) is 3.41. The molecule has 2 aliphatic rings. The first-order chi connectivity index (χ1) is 17.4. The maximum Gasteiger partial charge on any atom is 0.248 e. The highest BCUT2D eigenvalue weighted by Crippen LogP contribution is 2.36. The third-order valence-electron chi connectivity index (χ3n) is 7.89. The van der Waals surface area contributed by atoms with Gasteiger partial charge in [-0.25, -0.2) is 0 Å². The second-order valence-electron chi connectivity index (χ2n) is 10.4. The van der Waals surface area contributed by atoms with E-state index in [0.29, 0.717) is 50.3 Å². The van der Waals surface area contributed by atoms with E-state index in [0.717, 1.165) is 17.0 Å². The predicted molar refractivity (Wildman–Crippen MR) is 150 cm³/mol. The van der Waals surface area contributed by atoms with E-state index in [2.05, 4.69) is 5.32 Å². The molecule has 2 aromatic rings. The first-order valence-electron chi connectivity index (χ1n) is 13.1. The number of piperidine rings is 1. The van der Waals surface area contributed by atoms with Crippen molar-refractivity contribution in [3.63, 3.8) is 0 Å². The van der Waals surface area contributed by atoms with Crippen LogP contribution in [-0.4, -0.2) is 48.3 Å². The first kappa shape index (κ1) is 29.1. The lowest BCUT2D eigenvalue weighted by molar-refractivity contribution is -0.141. The van der Waals surface area contributed by atoms with Gasteiger partial charge in [0.05, 0.1) is 11.5 Å². The lowest BCUT2D eigenvalue weighted by atomic mass is 9.72.